The summed E-state index contributed by atoms with van der Waals surface area (Å²) in [5.41, 5.74) is 1.94. The lowest BCUT2D eigenvalue weighted by Gasteiger charge is -2.28. The fraction of sp³-hybridized carbons (Fsp3) is 0.316. The maximum Gasteiger partial charge on any atom is 0.247 e. The van der Waals surface area contributed by atoms with E-state index in [-0.39, 0.29) is 0 Å². The normalized spacial score (nSPS) is 12.3. The van der Waals surface area contributed by atoms with Crippen LogP contribution in [0.3, 0.4) is 0 Å². The zero-order chi connectivity index (χ0) is 19.3. The van der Waals surface area contributed by atoms with Gasteiger partial charge in [-0.1, -0.05) is 12.1 Å². The van der Waals surface area contributed by atoms with Gasteiger partial charge in [-0.25, -0.2) is 8.42 Å². The number of carbonyl (C=O) groups is 1. The van der Waals surface area contributed by atoms with Crippen molar-refractivity contribution in [3.05, 3.63) is 54.1 Å². The number of rotatable bonds is 7. The number of hydrogen-bond donors (Lipinski definition) is 1. The van der Waals surface area contributed by atoms with Crippen molar-refractivity contribution in [2.24, 2.45) is 0 Å². The third-order valence-electron chi connectivity index (χ3n) is 3.78. The third kappa shape index (κ3) is 4.98. The lowest BCUT2D eigenvalue weighted by atomic mass is 10.2. The zero-order valence-corrected chi connectivity index (χ0v) is 16.2. The van der Waals surface area contributed by atoms with Crippen LogP contribution in [-0.4, -0.2) is 33.2 Å². The minimum absolute atomic E-state index is 0.416. The Hall–Kier alpha value is -2.54. The predicted octanol–water partition coefficient (Wildman–Crippen LogP) is 3.19. The number of benzene rings is 2. The maximum atomic E-state index is 12.6. The quantitative estimate of drug-likeness (QED) is 0.805. The molecule has 0 unspecified atom stereocenters. The summed E-state index contributed by atoms with van der Waals surface area (Å²) in [6, 6.07) is 13.1. The Bertz CT molecular complexity index is 863. The SMILES string of the molecule is CCOc1ccc(NC(=O)[C@H](C)N(c2cccc(C)c2)S(C)(=O)=O)cc1. The molecule has 0 saturated carbocycles. The van der Waals surface area contributed by atoms with Gasteiger partial charge in [0, 0.05) is 5.69 Å². The highest BCUT2D eigenvalue weighted by molar-refractivity contribution is 7.92. The van der Waals surface area contributed by atoms with Crippen LogP contribution in [0, 0.1) is 6.92 Å². The standard InChI is InChI=1S/C19H24N2O4S/c1-5-25-18-11-9-16(10-12-18)20-19(22)15(3)21(26(4,23)24)17-8-6-7-14(2)13-17/h6-13,15H,5H2,1-4H3,(H,20,22)/t15-/m0/s1. The van der Waals surface area contributed by atoms with Crippen LogP contribution in [0.1, 0.15) is 19.4 Å². The van der Waals surface area contributed by atoms with Gasteiger partial charge in [-0.15, -0.1) is 0 Å². The number of hydrogen-bond acceptors (Lipinski definition) is 4. The van der Waals surface area contributed by atoms with Crippen molar-refractivity contribution in [2.45, 2.75) is 26.8 Å². The Balaban J connectivity index is 2.22. The molecule has 1 atom stereocenters. The molecule has 140 valence electrons. The second-order valence-electron chi connectivity index (χ2n) is 6.02. The Morgan fingerprint density at radius 2 is 1.85 bits per heavy atom. The molecule has 26 heavy (non-hydrogen) atoms. The summed E-state index contributed by atoms with van der Waals surface area (Å²) in [5.74, 6) is 0.289. The molecule has 1 N–H and O–H groups in total. The molecular formula is C19H24N2O4S. The van der Waals surface area contributed by atoms with E-state index in [9.17, 15) is 13.2 Å². The van der Waals surface area contributed by atoms with Crippen molar-refractivity contribution in [3.63, 3.8) is 0 Å². The molecule has 0 aromatic heterocycles. The molecule has 6 nitrogen and oxygen atoms in total. The molecule has 0 spiro atoms. The average molecular weight is 376 g/mol. The Morgan fingerprint density at radius 1 is 1.19 bits per heavy atom. The highest BCUT2D eigenvalue weighted by Crippen LogP contribution is 2.23. The zero-order valence-electron chi connectivity index (χ0n) is 15.4. The Labute approximate surface area is 154 Å². The van der Waals surface area contributed by atoms with Crippen LogP contribution in [0.4, 0.5) is 11.4 Å². The van der Waals surface area contributed by atoms with Crippen LogP contribution in [-0.2, 0) is 14.8 Å². The summed E-state index contributed by atoms with van der Waals surface area (Å²) in [4.78, 5) is 12.6. The van der Waals surface area contributed by atoms with Crippen LogP contribution in [0.25, 0.3) is 0 Å². The van der Waals surface area contributed by atoms with Crippen molar-refractivity contribution >= 4 is 27.3 Å². The van der Waals surface area contributed by atoms with Crippen molar-refractivity contribution in [3.8, 4) is 5.75 Å². The highest BCUT2D eigenvalue weighted by atomic mass is 32.2. The number of sulfonamides is 1. The summed E-state index contributed by atoms with van der Waals surface area (Å²) in [6.07, 6.45) is 1.09. The van der Waals surface area contributed by atoms with Gasteiger partial charge >= 0.3 is 0 Å². The molecule has 2 rings (SSSR count). The van der Waals surface area contributed by atoms with E-state index in [1.165, 1.54) is 0 Å². The number of nitrogens with one attached hydrogen (secondary N) is 1. The lowest BCUT2D eigenvalue weighted by molar-refractivity contribution is -0.116. The van der Waals surface area contributed by atoms with E-state index in [0.29, 0.717) is 23.7 Å². The molecule has 0 bridgehead atoms. The number of anilines is 2. The summed E-state index contributed by atoms with van der Waals surface area (Å²) >= 11 is 0. The number of nitrogens with zero attached hydrogens (tertiary/aromatic N) is 1. The fourth-order valence-corrected chi connectivity index (χ4v) is 3.79. The maximum absolute atomic E-state index is 12.6. The first-order chi connectivity index (χ1) is 12.2. The topological polar surface area (TPSA) is 75.7 Å². The van der Waals surface area contributed by atoms with Crippen LogP contribution in [0.5, 0.6) is 5.75 Å². The smallest absolute Gasteiger partial charge is 0.247 e. The molecule has 1 amide bonds. The first kappa shape index (κ1) is 19.8. The van der Waals surface area contributed by atoms with Crippen LogP contribution in [0.15, 0.2) is 48.5 Å². The highest BCUT2D eigenvalue weighted by Gasteiger charge is 2.29. The molecular weight excluding hydrogens is 352 g/mol. The van der Waals surface area contributed by atoms with Crippen molar-refractivity contribution in [1.82, 2.24) is 0 Å². The molecule has 2 aromatic rings. The molecule has 0 radical (unpaired) electrons. The van der Waals surface area contributed by atoms with Crippen molar-refractivity contribution < 1.29 is 17.9 Å². The van der Waals surface area contributed by atoms with Gasteiger partial charge in [0.15, 0.2) is 0 Å². The summed E-state index contributed by atoms with van der Waals surface area (Å²) in [5, 5.41) is 2.75. The van der Waals surface area contributed by atoms with Gasteiger partial charge in [0.25, 0.3) is 0 Å². The van der Waals surface area contributed by atoms with Gasteiger partial charge in [-0.2, -0.15) is 0 Å². The van der Waals surface area contributed by atoms with Gasteiger partial charge < -0.3 is 10.1 Å². The largest absolute Gasteiger partial charge is 0.494 e. The summed E-state index contributed by atoms with van der Waals surface area (Å²) in [6.45, 7) is 5.88. The molecule has 0 heterocycles. The fourth-order valence-electron chi connectivity index (χ4n) is 2.62. The van der Waals surface area contributed by atoms with Gasteiger partial charge in [-0.05, 0) is 62.7 Å². The average Bonchev–Trinajstić information content (AvgIpc) is 2.55. The first-order valence-electron chi connectivity index (χ1n) is 8.32. The Morgan fingerprint density at radius 3 is 2.38 bits per heavy atom. The van der Waals surface area contributed by atoms with Crippen molar-refractivity contribution in [2.75, 3.05) is 22.5 Å². The molecule has 2 aromatic carbocycles. The number of carbonyl (C=O) groups excluding carboxylic acids is 1. The van der Waals surface area contributed by atoms with E-state index >= 15 is 0 Å². The number of ether oxygens (including phenoxy) is 1. The molecule has 0 saturated heterocycles. The van der Waals surface area contributed by atoms with Gasteiger partial charge in [-0.3, -0.25) is 9.10 Å². The van der Waals surface area contributed by atoms with Gasteiger partial charge in [0.1, 0.15) is 11.8 Å². The molecule has 0 fully saturated rings. The van der Waals surface area contributed by atoms with E-state index in [2.05, 4.69) is 5.32 Å². The van der Waals surface area contributed by atoms with Crippen LogP contribution >= 0.6 is 0 Å². The molecule has 0 aliphatic rings. The summed E-state index contributed by atoms with van der Waals surface area (Å²) in [7, 11) is -3.63. The van der Waals surface area contributed by atoms with E-state index in [1.54, 1.807) is 49.4 Å². The Kier molecular flexibility index (Phi) is 6.26. The minimum Gasteiger partial charge on any atom is -0.494 e. The molecule has 0 aliphatic heterocycles. The first-order valence-corrected chi connectivity index (χ1v) is 10.2. The predicted molar refractivity (Wildman–Crippen MR) is 104 cm³/mol. The number of amides is 1. The minimum atomic E-state index is -3.63. The van der Waals surface area contributed by atoms with Gasteiger partial charge in [0.2, 0.25) is 15.9 Å². The molecule has 7 heteroatoms. The third-order valence-corrected chi connectivity index (χ3v) is 5.02. The number of aryl methyl sites for hydroxylation is 1. The lowest BCUT2D eigenvalue weighted by Crippen LogP contribution is -2.45. The van der Waals surface area contributed by atoms with E-state index in [0.717, 1.165) is 16.1 Å². The second kappa shape index (κ2) is 8.23. The van der Waals surface area contributed by atoms with Crippen molar-refractivity contribution in [1.29, 1.82) is 0 Å². The monoisotopic (exact) mass is 376 g/mol. The summed E-state index contributed by atoms with van der Waals surface area (Å²) < 4.78 is 31.1. The van der Waals surface area contributed by atoms with E-state index < -0.39 is 22.0 Å². The van der Waals surface area contributed by atoms with E-state index in [1.807, 2.05) is 19.9 Å². The molecule has 0 aliphatic carbocycles. The van der Waals surface area contributed by atoms with Crippen LogP contribution < -0.4 is 14.4 Å². The van der Waals surface area contributed by atoms with Crippen LogP contribution in [0.2, 0.25) is 0 Å². The van der Waals surface area contributed by atoms with Gasteiger partial charge in [0.05, 0.1) is 18.6 Å². The van der Waals surface area contributed by atoms with E-state index in [4.69, 9.17) is 4.74 Å². The second-order valence-corrected chi connectivity index (χ2v) is 7.88.